The van der Waals surface area contributed by atoms with Crippen molar-refractivity contribution in [2.24, 2.45) is 5.10 Å². The van der Waals surface area contributed by atoms with Gasteiger partial charge in [-0.05, 0) is 24.3 Å². The van der Waals surface area contributed by atoms with Crippen LogP contribution in [-0.2, 0) is 4.79 Å². The molecular formula is C20H23N3O6. The number of ether oxygens (including phenoxy) is 4. The van der Waals surface area contributed by atoms with Gasteiger partial charge >= 0.3 is 0 Å². The maximum absolute atomic E-state index is 12.2. The topological polar surface area (TPSA) is 107 Å². The van der Waals surface area contributed by atoms with Crippen LogP contribution in [0.5, 0.6) is 23.0 Å². The second-order valence-electron chi connectivity index (χ2n) is 5.63. The monoisotopic (exact) mass is 401 g/mol. The summed E-state index contributed by atoms with van der Waals surface area (Å²) in [4.78, 5) is 24.1. The minimum atomic E-state index is -0.489. The van der Waals surface area contributed by atoms with Gasteiger partial charge in [0.2, 0.25) is 5.75 Å². The SMILES string of the molecule is COc1ccccc1C(=O)NCC(=O)NN=Cc1cc(OC)c(OC)c(OC)c1. The van der Waals surface area contributed by atoms with Crippen LogP contribution in [0.1, 0.15) is 15.9 Å². The zero-order chi connectivity index (χ0) is 21.2. The summed E-state index contributed by atoms with van der Waals surface area (Å²) in [5.74, 6) is 0.886. The highest BCUT2D eigenvalue weighted by Gasteiger charge is 2.13. The Labute approximate surface area is 168 Å². The number of para-hydroxylation sites is 1. The van der Waals surface area contributed by atoms with E-state index >= 15 is 0 Å². The fourth-order valence-electron chi connectivity index (χ4n) is 2.48. The minimum absolute atomic E-state index is 0.247. The number of benzene rings is 2. The molecule has 2 amide bonds. The molecule has 2 rings (SSSR count). The molecule has 0 unspecified atom stereocenters. The lowest BCUT2D eigenvalue weighted by atomic mass is 10.2. The summed E-state index contributed by atoms with van der Waals surface area (Å²) in [6, 6.07) is 10.1. The van der Waals surface area contributed by atoms with E-state index in [1.807, 2.05) is 0 Å². The molecule has 0 radical (unpaired) electrons. The molecule has 9 nitrogen and oxygen atoms in total. The van der Waals surface area contributed by atoms with Crippen LogP contribution in [0.15, 0.2) is 41.5 Å². The molecule has 154 valence electrons. The molecule has 29 heavy (non-hydrogen) atoms. The number of methoxy groups -OCH3 is 4. The molecule has 0 spiro atoms. The molecule has 0 bridgehead atoms. The van der Waals surface area contributed by atoms with E-state index in [0.29, 0.717) is 34.1 Å². The first-order valence-corrected chi connectivity index (χ1v) is 8.57. The van der Waals surface area contributed by atoms with Gasteiger partial charge in [0.15, 0.2) is 11.5 Å². The maximum Gasteiger partial charge on any atom is 0.259 e. The summed E-state index contributed by atoms with van der Waals surface area (Å²) in [6.45, 7) is -0.247. The molecule has 0 aliphatic heterocycles. The fourth-order valence-corrected chi connectivity index (χ4v) is 2.48. The zero-order valence-electron chi connectivity index (χ0n) is 16.6. The van der Waals surface area contributed by atoms with Gasteiger partial charge in [-0.25, -0.2) is 5.43 Å². The van der Waals surface area contributed by atoms with Crippen LogP contribution in [0.2, 0.25) is 0 Å². The second kappa shape index (κ2) is 10.5. The molecule has 2 aromatic rings. The number of rotatable bonds is 9. The average Bonchev–Trinajstić information content (AvgIpc) is 2.76. The zero-order valence-corrected chi connectivity index (χ0v) is 16.6. The lowest BCUT2D eigenvalue weighted by Gasteiger charge is -2.12. The van der Waals surface area contributed by atoms with E-state index < -0.39 is 11.8 Å². The van der Waals surface area contributed by atoms with Crippen LogP contribution in [-0.4, -0.2) is 53.0 Å². The largest absolute Gasteiger partial charge is 0.496 e. The third kappa shape index (κ3) is 5.61. The van der Waals surface area contributed by atoms with E-state index in [1.165, 1.54) is 34.7 Å². The Morgan fingerprint density at radius 3 is 2.14 bits per heavy atom. The Balaban J connectivity index is 1.95. The van der Waals surface area contributed by atoms with Crippen LogP contribution >= 0.6 is 0 Å². The number of nitrogens with zero attached hydrogens (tertiary/aromatic N) is 1. The van der Waals surface area contributed by atoms with Crippen molar-refractivity contribution in [2.45, 2.75) is 0 Å². The van der Waals surface area contributed by atoms with Crippen molar-refractivity contribution in [3.05, 3.63) is 47.5 Å². The average molecular weight is 401 g/mol. The molecule has 0 aliphatic rings. The molecule has 0 heterocycles. The number of carbonyl (C=O) groups excluding carboxylic acids is 2. The molecule has 2 N–H and O–H groups in total. The first-order chi connectivity index (χ1) is 14.0. The molecule has 0 atom stereocenters. The highest BCUT2D eigenvalue weighted by atomic mass is 16.5. The van der Waals surface area contributed by atoms with E-state index in [0.717, 1.165) is 0 Å². The van der Waals surface area contributed by atoms with Gasteiger partial charge in [-0.3, -0.25) is 9.59 Å². The van der Waals surface area contributed by atoms with Crippen molar-refractivity contribution < 1.29 is 28.5 Å². The number of nitrogens with one attached hydrogen (secondary N) is 2. The van der Waals surface area contributed by atoms with Gasteiger partial charge in [-0.2, -0.15) is 5.10 Å². The highest BCUT2D eigenvalue weighted by molar-refractivity contribution is 5.98. The molecule has 0 saturated heterocycles. The lowest BCUT2D eigenvalue weighted by molar-refractivity contribution is -0.120. The minimum Gasteiger partial charge on any atom is -0.496 e. The maximum atomic E-state index is 12.2. The Hall–Kier alpha value is -3.75. The Kier molecular flexibility index (Phi) is 7.84. The van der Waals surface area contributed by atoms with Crippen molar-refractivity contribution in [1.29, 1.82) is 0 Å². The van der Waals surface area contributed by atoms with Gasteiger partial charge in [0, 0.05) is 5.56 Å². The number of hydrazone groups is 1. The van der Waals surface area contributed by atoms with Gasteiger partial charge in [-0.1, -0.05) is 12.1 Å². The molecular weight excluding hydrogens is 378 g/mol. The predicted octanol–water partition coefficient (Wildman–Crippen LogP) is 1.60. The van der Waals surface area contributed by atoms with Crippen molar-refractivity contribution in [1.82, 2.24) is 10.7 Å². The van der Waals surface area contributed by atoms with Crippen molar-refractivity contribution in [2.75, 3.05) is 35.0 Å². The van der Waals surface area contributed by atoms with Crippen LogP contribution in [0.4, 0.5) is 0 Å². The van der Waals surface area contributed by atoms with Crippen LogP contribution in [0.3, 0.4) is 0 Å². The van der Waals surface area contributed by atoms with E-state index in [9.17, 15) is 9.59 Å². The molecule has 0 fully saturated rings. The van der Waals surface area contributed by atoms with Gasteiger partial charge in [0.1, 0.15) is 5.75 Å². The van der Waals surface area contributed by atoms with Gasteiger partial charge in [-0.15, -0.1) is 0 Å². The van der Waals surface area contributed by atoms with E-state index in [1.54, 1.807) is 36.4 Å². The van der Waals surface area contributed by atoms with Crippen LogP contribution in [0, 0.1) is 0 Å². The summed E-state index contributed by atoms with van der Waals surface area (Å²) < 4.78 is 20.9. The number of carbonyl (C=O) groups is 2. The smallest absolute Gasteiger partial charge is 0.259 e. The van der Waals surface area contributed by atoms with Crippen molar-refractivity contribution in [3.8, 4) is 23.0 Å². The summed E-state index contributed by atoms with van der Waals surface area (Å²) >= 11 is 0. The summed E-state index contributed by atoms with van der Waals surface area (Å²) in [5, 5.41) is 6.39. The van der Waals surface area contributed by atoms with E-state index in [2.05, 4.69) is 15.8 Å². The van der Waals surface area contributed by atoms with Gasteiger partial charge in [0.25, 0.3) is 11.8 Å². The highest BCUT2D eigenvalue weighted by Crippen LogP contribution is 2.37. The normalized spacial score (nSPS) is 10.3. The van der Waals surface area contributed by atoms with Crippen LogP contribution in [0.25, 0.3) is 0 Å². The fraction of sp³-hybridized carbons (Fsp3) is 0.250. The summed E-state index contributed by atoms with van der Waals surface area (Å²) in [5.41, 5.74) is 3.30. The molecule has 9 heteroatoms. The summed E-state index contributed by atoms with van der Waals surface area (Å²) in [7, 11) is 5.99. The lowest BCUT2D eigenvalue weighted by Crippen LogP contribution is -2.35. The Morgan fingerprint density at radius 1 is 0.931 bits per heavy atom. The first-order valence-electron chi connectivity index (χ1n) is 8.57. The molecule has 0 saturated carbocycles. The van der Waals surface area contributed by atoms with Crippen molar-refractivity contribution >= 4 is 18.0 Å². The molecule has 0 aliphatic carbocycles. The van der Waals surface area contributed by atoms with Crippen molar-refractivity contribution in [3.63, 3.8) is 0 Å². The van der Waals surface area contributed by atoms with E-state index in [4.69, 9.17) is 18.9 Å². The number of hydrogen-bond acceptors (Lipinski definition) is 7. The third-order valence-corrected chi connectivity index (χ3v) is 3.85. The standard InChI is InChI=1S/C20H23N3O6/c1-26-15-8-6-5-7-14(15)20(25)21-12-18(24)23-22-11-13-9-16(27-2)19(29-4)17(10-13)28-3/h5-11H,12H2,1-4H3,(H,21,25)(H,23,24). The number of amides is 2. The Morgan fingerprint density at radius 2 is 1.55 bits per heavy atom. The number of hydrogen-bond donors (Lipinski definition) is 2. The quantitative estimate of drug-likeness (QED) is 0.488. The van der Waals surface area contributed by atoms with Crippen LogP contribution < -0.4 is 29.7 Å². The molecule has 2 aromatic carbocycles. The summed E-state index contributed by atoms with van der Waals surface area (Å²) in [6.07, 6.45) is 1.42. The second-order valence-corrected chi connectivity index (χ2v) is 5.63. The third-order valence-electron chi connectivity index (χ3n) is 3.85. The van der Waals surface area contributed by atoms with Gasteiger partial charge < -0.3 is 24.3 Å². The van der Waals surface area contributed by atoms with Gasteiger partial charge in [0.05, 0.1) is 46.8 Å². The molecule has 0 aromatic heterocycles. The predicted molar refractivity (Wildman–Crippen MR) is 107 cm³/mol. The Bertz CT molecular complexity index is 873. The first kappa shape index (κ1) is 21.5. The van der Waals surface area contributed by atoms with E-state index in [-0.39, 0.29) is 6.54 Å².